The quantitative estimate of drug-likeness (QED) is 0.628. The molecule has 0 spiro atoms. The predicted molar refractivity (Wildman–Crippen MR) is 120 cm³/mol. The molecule has 0 aliphatic heterocycles. The summed E-state index contributed by atoms with van der Waals surface area (Å²) < 4.78 is 5.44. The normalized spacial score (nSPS) is 52.3. The van der Waals surface area contributed by atoms with E-state index in [1.54, 1.807) is 0 Å². The van der Waals surface area contributed by atoms with Gasteiger partial charge in [0, 0.05) is 30.6 Å². The van der Waals surface area contributed by atoms with E-state index in [-0.39, 0.29) is 46.9 Å². The van der Waals surface area contributed by atoms with Gasteiger partial charge in [0.2, 0.25) is 0 Å². The van der Waals surface area contributed by atoms with Crippen LogP contribution in [0.25, 0.3) is 0 Å². The minimum absolute atomic E-state index is 0.0356. The van der Waals surface area contributed by atoms with Crippen molar-refractivity contribution < 1.29 is 24.2 Å². The van der Waals surface area contributed by atoms with Gasteiger partial charge in [-0.05, 0) is 81.0 Å². The standard InChI is InChI=1S/C27H40O5/c1-16(28)26-10-6-5-7-18(26)13-22-20-14-23(30)27(31)15-19(32-17(2)29)8-11-25(27,4)21(20)9-12-24(22,26)3/h18-22,31H,5-15H2,1-4H3/t18?,19?,20-,21+,22+,24?,25?,26?,27+/m1/s1. The van der Waals surface area contributed by atoms with Crippen molar-refractivity contribution in [3.05, 3.63) is 0 Å². The molecule has 0 radical (unpaired) electrons. The van der Waals surface area contributed by atoms with Crippen molar-refractivity contribution in [3.8, 4) is 0 Å². The van der Waals surface area contributed by atoms with E-state index >= 15 is 0 Å². The Morgan fingerprint density at radius 2 is 1.69 bits per heavy atom. The van der Waals surface area contributed by atoms with Crippen LogP contribution >= 0.6 is 0 Å². The van der Waals surface area contributed by atoms with E-state index in [2.05, 4.69) is 13.8 Å². The number of ketones is 2. The van der Waals surface area contributed by atoms with Crippen molar-refractivity contribution in [2.75, 3.05) is 0 Å². The number of fused-ring (bicyclic) bond motifs is 7. The van der Waals surface area contributed by atoms with E-state index in [1.165, 1.54) is 13.3 Å². The van der Waals surface area contributed by atoms with Crippen molar-refractivity contribution in [3.63, 3.8) is 0 Å². The number of ether oxygens (including phenoxy) is 1. The van der Waals surface area contributed by atoms with Crippen LogP contribution in [0.15, 0.2) is 0 Å². The number of Topliss-reactive ketones (excluding diaryl/α,β-unsaturated/α-hetero) is 2. The van der Waals surface area contributed by atoms with Gasteiger partial charge in [-0.15, -0.1) is 0 Å². The lowest BCUT2D eigenvalue weighted by atomic mass is 9.41. The Kier molecular flexibility index (Phi) is 5.03. The molecule has 5 unspecified atom stereocenters. The lowest BCUT2D eigenvalue weighted by Gasteiger charge is -2.64. The number of aliphatic hydroxyl groups is 1. The largest absolute Gasteiger partial charge is 0.462 e. The summed E-state index contributed by atoms with van der Waals surface area (Å²) in [5, 5.41) is 11.8. The smallest absolute Gasteiger partial charge is 0.302 e. The van der Waals surface area contributed by atoms with Crippen LogP contribution in [0.1, 0.15) is 98.3 Å². The molecule has 0 amide bonds. The van der Waals surface area contributed by atoms with Crippen LogP contribution in [0.3, 0.4) is 0 Å². The molecule has 1 N–H and O–H groups in total. The first-order valence-electron chi connectivity index (χ1n) is 12.9. The molecule has 5 rings (SSSR count). The van der Waals surface area contributed by atoms with Crippen LogP contribution in [0.5, 0.6) is 0 Å². The minimum atomic E-state index is -1.41. The third kappa shape index (κ3) is 2.63. The number of rotatable bonds is 2. The van der Waals surface area contributed by atoms with Gasteiger partial charge in [0.1, 0.15) is 17.5 Å². The second-order valence-electron chi connectivity index (χ2n) is 12.4. The highest BCUT2D eigenvalue weighted by atomic mass is 16.5. The number of carbonyl (C=O) groups excluding carboxylic acids is 3. The van der Waals surface area contributed by atoms with Crippen LogP contribution in [0, 0.1) is 39.9 Å². The topological polar surface area (TPSA) is 80.7 Å². The second-order valence-corrected chi connectivity index (χ2v) is 12.4. The highest BCUT2D eigenvalue weighted by Crippen LogP contribution is 2.74. The first-order valence-corrected chi connectivity index (χ1v) is 12.9. The van der Waals surface area contributed by atoms with Gasteiger partial charge in [-0.3, -0.25) is 14.4 Å². The molecule has 0 saturated heterocycles. The summed E-state index contributed by atoms with van der Waals surface area (Å²) >= 11 is 0. The van der Waals surface area contributed by atoms with Crippen molar-refractivity contribution in [2.45, 2.75) is 110 Å². The van der Waals surface area contributed by atoms with Gasteiger partial charge in [-0.25, -0.2) is 0 Å². The Bertz CT molecular complexity index is 851. The minimum Gasteiger partial charge on any atom is -0.462 e. The summed E-state index contributed by atoms with van der Waals surface area (Å²) in [6, 6.07) is 0. The summed E-state index contributed by atoms with van der Waals surface area (Å²) in [6.45, 7) is 7.70. The van der Waals surface area contributed by atoms with Crippen molar-refractivity contribution in [1.29, 1.82) is 0 Å². The average molecular weight is 445 g/mol. The fourth-order valence-corrected chi connectivity index (χ4v) is 10.1. The van der Waals surface area contributed by atoms with Crippen LogP contribution in [-0.2, 0) is 19.1 Å². The molecular weight excluding hydrogens is 404 g/mol. The maximum atomic E-state index is 13.6. The SMILES string of the molecule is CC(=O)OC1CCC2(C)[C@H]3CCC4(C)[C@@H](CC5CCCCC54C(C)=O)[C@@H]3CC(=O)[C@@]2(O)C1. The zero-order chi connectivity index (χ0) is 23.1. The van der Waals surface area contributed by atoms with Gasteiger partial charge in [0.15, 0.2) is 5.78 Å². The van der Waals surface area contributed by atoms with Crippen LogP contribution < -0.4 is 0 Å². The zero-order valence-electron chi connectivity index (χ0n) is 20.2. The van der Waals surface area contributed by atoms with Gasteiger partial charge in [0.05, 0.1) is 0 Å². The molecule has 32 heavy (non-hydrogen) atoms. The Hall–Kier alpha value is -1.23. The third-order valence-corrected chi connectivity index (χ3v) is 11.6. The Morgan fingerprint density at radius 3 is 2.38 bits per heavy atom. The van der Waals surface area contributed by atoms with Crippen LogP contribution in [-0.4, -0.2) is 34.3 Å². The van der Waals surface area contributed by atoms with Crippen molar-refractivity contribution in [1.82, 2.24) is 0 Å². The number of hydrogen-bond acceptors (Lipinski definition) is 5. The maximum absolute atomic E-state index is 13.6. The van der Waals surface area contributed by atoms with E-state index in [1.807, 2.05) is 6.92 Å². The van der Waals surface area contributed by atoms with Crippen LogP contribution in [0.4, 0.5) is 0 Å². The highest BCUT2D eigenvalue weighted by Gasteiger charge is 2.72. The van der Waals surface area contributed by atoms with Crippen LogP contribution in [0.2, 0.25) is 0 Å². The van der Waals surface area contributed by atoms with Crippen molar-refractivity contribution in [2.24, 2.45) is 39.9 Å². The molecule has 0 aromatic heterocycles. The number of hydrogen-bond donors (Lipinski definition) is 1. The summed E-state index contributed by atoms with van der Waals surface area (Å²) in [5.41, 5.74) is -2.15. The van der Waals surface area contributed by atoms with Gasteiger partial charge in [-0.1, -0.05) is 26.7 Å². The van der Waals surface area contributed by atoms with Gasteiger partial charge < -0.3 is 9.84 Å². The molecule has 5 aliphatic carbocycles. The lowest BCUT2D eigenvalue weighted by molar-refractivity contribution is -0.219. The van der Waals surface area contributed by atoms with E-state index in [0.717, 1.165) is 38.5 Å². The molecule has 5 saturated carbocycles. The molecule has 0 heterocycles. The van der Waals surface area contributed by atoms with Gasteiger partial charge in [0.25, 0.3) is 0 Å². The third-order valence-electron chi connectivity index (χ3n) is 11.6. The zero-order valence-corrected chi connectivity index (χ0v) is 20.2. The fourth-order valence-electron chi connectivity index (χ4n) is 10.1. The Morgan fingerprint density at radius 1 is 0.969 bits per heavy atom. The molecule has 5 aliphatic rings. The number of esters is 1. The second kappa shape index (κ2) is 7.13. The molecule has 0 aromatic rings. The maximum Gasteiger partial charge on any atom is 0.302 e. The highest BCUT2D eigenvalue weighted by molar-refractivity contribution is 5.90. The van der Waals surface area contributed by atoms with E-state index in [9.17, 15) is 19.5 Å². The molecule has 0 aromatic carbocycles. The van der Waals surface area contributed by atoms with Gasteiger partial charge >= 0.3 is 5.97 Å². The fraction of sp³-hybridized carbons (Fsp3) is 0.889. The Balaban J connectivity index is 1.50. The predicted octanol–water partition coefficient (Wildman–Crippen LogP) is 4.63. The van der Waals surface area contributed by atoms with E-state index in [0.29, 0.717) is 36.9 Å². The summed E-state index contributed by atoms with van der Waals surface area (Å²) in [7, 11) is 0. The molecule has 5 fully saturated rings. The number of carbonyl (C=O) groups is 3. The van der Waals surface area contributed by atoms with Gasteiger partial charge in [-0.2, -0.15) is 0 Å². The molecule has 9 atom stereocenters. The first-order chi connectivity index (χ1) is 15.0. The molecular formula is C27H40O5. The first kappa shape index (κ1) is 22.6. The van der Waals surface area contributed by atoms with Crippen molar-refractivity contribution >= 4 is 17.5 Å². The summed E-state index contributed by atoms with van der Waals surface area (Å²) in [5.74, 6) is 1.33. The summed E-state index contributed by atoms with van der Waals surface area (Å²) in [6.07, 6.45) is 9.23. The molecule has 5 nitrogen and oxygen atoms in total. The molecule has 0 bridgehead atoms. The monoisotopic (exact) mass is 444 g/mol. The lowest BCUT2D eigenvalue weighted by Crippen LogP contribution is -2.67. The Labute approximate surface area is 192 Å². The molecule has 178 valence electrons. The summed E-state index contributed by atoms with van der Waals surface area (Å²) in [4.78, 5) is 38.3. The molecule has 5 heteroatoms. The van der Waals surface area contributed by atoms with E-state index < -0.39 is 11.0 Å². The average Bonchev–Trinajstić information content (AvgIpc) is 3.00. The van der Waals surface area contributed by atoms with E-state index in [4.69, 9.17) is 4.74 Å².